The molecule has 1 aliphatic heterocycles. The SMILES string of the molecule is CCCC(=O)c1ccc(-c2ccc(OC3CN(Cc4ccc(C(F)(F)F)cc4)C3)cc2)cc1. The molecule has 33 heavy (non-hydrogen) atoms. The molecule has 0 unspecified atom stereocenters. The Morgan fingerprint density at radius 1 is 0.909 bits per heavy atom. The predicted molar refractivity (Wildman–Crippen MR) is 122 cm³/mol. The Morgan fingerprint density at radius 2 is 1.48 bits per heavy atom. The zero-order valence-corrected chi connectivity index (χ0v) is 18.4. The lowest BCUT2D eigenvalue weighted by Gasteiger charge is -2.39. The normalized spacial score (nSPS) is 14.7. The minimum atomic E-state index is -4.30. The van der Waals surface area contributed by atoms with Crippen LogP contribution in [0.15, 0.2) is 72.8 Å². The lowest BCUT2D eigenvalue weighted by molar-refractivity contribution is -0.137. The number of alkyl halides is 3. The van der Waals surface area contributed by atoms with E-state index >= 15 is 0 Å². The van der Waals surface area contributed by atoms with Crippen molar-refractivity contribution in [2.75, 3.05) is 13.1 Å². The molecule has 0 saturated carbocycles. The number of Topliss-reactive ketones (excluding diaryl/α,β-unsaturated/α-hetero) is 1. The van der Waals surface area contributed by atoms with Crippen molar-refractivity contribution in [1.82, 2.24) is 4.90 Å². The summed E-state index contributed by atoms with van der Waals surface area (Å²) < 4.78 is 44.0. The third kappa shape index (κ3) is 5.82. The number of nitrogens with zero attached hydrogens (tertiary/aromatic N) is 1. The monoisotopic (exact) mass is 453 g/mol. The van der Waals surface area contributed by atoms with Crippen LogP contribution >= 0.6 is 0 Å². The fraction of sp³-hybridized carbons (Fsp3) is 0.296. The first-order valence-electron chi connectivity index (χ1n) is 11.1. The maximum atomic E-state index is 12.7. The molecule has 0 spiro atoms. The van der Waals surface area contributed by atoms with Gasteiger partial charge in [-0.05, 0) is 47.4 Å². The zero-order valence-electron chi connectivity index (χ0n) is 18.4. The summed E-state index contributed by atoms with van der Waals surface area (Å²) in [6, 6.07) is 20.8. The molecule has 1 saturated heterocycles. The maximum absolute atomic E-state index is 12.7. The predicted octanol–water partition coefficient (Wildman–Crippen LogP) is 6.62. The first-order valence-corrected chi connectivity index (χ1v) is 11.1. The minimum absolute atomic E-state index is 0.0640. The Bertz CT molecular complexity index is 1070. The van der Waals surface area contributed by atoms with Crippen LogP contribution in [0.2, 0.25) is 0 Å². The highest BCUT2D eigenvalue weighted by atomic mass is 19.4. The highest BCUT2D eigenvalue weighted by Crippen LogP contribution is 2.30. The first-order chi connectivity index (χ1) is 15.8. The number of carbonyl (C=O) groups is 1. The molecule has 172 valence electrons. The standard InChI is InChI=1S/C27H26F3NO2/c1-2-3-26(32)22-8-6-20(7-9-22)21-10-14-24(15-11-21)33-25-17-31(18-25)16-19-4-12-23(13-5-19)27(28,29)30/h4-15,25H,2-3,16-18H2,1H3. The molecule has 3 aromatic carbocycles. The lowest BCUT2D eigenvalue weighted by Crippen LogP contribution is -2.53. The topological polar surface area (TPSA) is 29.5 Å². The molecule has 3 nitrogen and oxygen atoms in total. The van der Waals surface area contributed by atoms with Crippen molar-refractivity contribution in [1.29, 1.82) is 0 Å². The van der Waals surface area contributed by atoms with E-state index in [0.29, 0.717) is 13.0 Å². The van der Waals surface area contributed by atoms with Crippen molar-refractivity contribution in [3.05, 3.63) is 89.5 Å². The molecule has 1 aliphatic rings. The second-order valence-electron chi connectivity index (χ2n) is 8.40. The van der Waals surface area contributed by atoms with E-state index in [-0.39, 0.29) is 11.9 Å². The first kappa shape index (κ1) is 23.1. The molecule has 1 fully saturated rings. The van der Waals surface area contributed by atoms with E-state index < -0.39 is 11.7 Å². The number of carbonyl (C=O) groups excluding carboxylic acids is 1. The van der Waals surface area contributed by atoms with Crippen LogP contribution < -0.4 is 4.74 Å². The minimum Gasteiger partial charge on any atom is -0.488 e. The van der Waals surface area contributed by atoms with E-state index in [9.17, 15) is 18.0 Å². The summed E-state index contributed by atoms with van der Waals surface area (Å²) in [6.45, 7) is 4.07. The number of benzene rings is 3. The quantitative estimate of drug-likeness (QED) is 0.359. The molecular weight excluding hydrogens is 427 g/mol. The smallest absolute Gasteiger partial charge is 0.416 e. The van der Waals surface area contributed by atoms with Crippen molar-refractivity contribution in [2.45, 2.75) is 38.6 Å². The van der Waals surface area contributed by atoms with Crippen LogP contribution in [0.5, 0.6) is 5.75 Å². The lowest BCUT2D eigenvalue weighted by atomic mass is 10.0. The van der Waals surface area contributed by atoms with Gasteiger partial charge in [-0.2, -0.15) is 13.2 Å². The van der Waals surface area contributed by atoms with Gasteiger partial charge in [0.25, 0.3) is 0 Å². The van der Waals surface area contributed by atoms with Gasteiger partial charge in [-0.25, -0.2) is 0 Å². The fourth-order valence-corrected chi connectivity index (χ4v) is 3.92. The third-order valence-corrected chi connectivity index (χ3v) is 5.79. The fourth-order valence-electron chi connectivity index (χ4n) is 3.92. The van der Waals surface area contributed by atoms with E-state index in [1.54, 1.807) is 0 Å². The van der Waals surface area contributed by atoms with Crippen LogP contribution in [0.4, 0.5) is 13.2 Å². The number of halogens is 3. The van der Waals surface area contributed by atoms with Gasteiger partial charge in [0.15, 0.2) is 5.78 Å². The van der Waals surface area contributed by atoms with Gasteiger partial charge in [0.2, 0.25) is 0 Å². The van der Waals surface area contributed by atoms with E-state index in [1.807, 2.05) is 55.5 Å². The maximum Gasteiger partial charge on any atom is 0.416 e. The van der Waals surface area contributed by atoms with Gasteiger partial charge in [0.1, 0.15) is 11.9 Å². The molecule has 0 aromatic heterocycles. The number of ketones is 1. The highest BCUT2D eigenvalue weighted by molar-refractivity contribution is 5.96. The van der Waals surface area contributed by atoms with Gasteiger partial charge >= 0.3 is 6.18 Å². The van der Waals surface area contributed by atoms with E-state index in [2.05, 4.69) is 4.90 Å². The molecule has 6 heteroatoms. The van der Waals surface area contributed by atoms with Crippen LogP contribution in [0, 0.1) is 0 Å². The average Bonchev–Trinajstić information content (AvgIpc) is 2.78. The molecule has 0 bridgehead atoms. The van der Waals surface area contributed by atoms with Crippen LogP contribution in [0.3, 0.4) is 0 Å². The molecule has 3 aromatic rings. The van der Waals surface area contributed by atoms with Gasteiger partial charge in [-0.15, -0.1) is 0 Å². The second kappa shape index (κ2) is 9.79. The van der Waals surface area contributed by atoms with Crippen molar-refractivity contribution in [3.8, 4) is 16.9 Å². The van der Waals surface area contributed by atoms with Gasteiger partial charge in [0.05, 0.1) is 5.56 Å². The molecule has 1 heterocycles. The number of hydrogen-bond acceptors (Lipinski definition) is 3. The summed E-state index contributed by atoms with van der Waals surface area (Å²) in [5.41, 5.74) is 3.07. The Labute approximate surface area is 191 Å². The van der Waals surface area contributed by atoms with Crippen LogP contribution in [0.25, 0.3) is 11.1 Å². The number of ether oxygens (including phenoxy) is 1. The number of likely N-dealkylation sites (tertiary alicyclic amines) is 1. The zero-order chi connectivity index (χ0) is 23.4. The van der Waals surface area contributed by atoms with Crippen LogP contribution in [-0.4, -0.2) is 29.9 Å². The molecule has 4 rings (SSSR count). The number of rotatable bonds is 8. The largest absolute Gasteiger partial charge is 0.488 e. The van der Waals surface area contributed by atoms with Crippen molar-refractivity contribution < 1.29 is 22.7 Å². The van der Waals surface area contributed by atoms with E-state index in [1.165, 1.54) is 12.1 Å². The van der Waals surface area contributed by atoms with E-state index in [4.69, 9.17) is 4.74 Å². The number of hydrogen-bond donors (Lipinski definition) is 0. The Balaban J connectivity index is 1.26. The van der Waals surface area contributed by atoms with Crippen molar-refractivity contribution in [2.24, 2.45) is 0 Å². The van der Waals surface area contributed by atoms with Crippen molar-refractivity contribution >= 4 is 5.78 Å². The van der Waals surface area contributed by atoms with Gasteiger partial charge in [0, 0.05) is 31.6 Å². The Hall–Kier alpha value is -3.12. The second-order valence-corrected chi connectivity index (χ2v) is 8.40. The van der Waals surface area contributed by atoms with Crippen LogP contribution in [0.1, 0.15) is 41.3 Å². The molecule has 0 atom stereocenters. The Morgan fingerprint density at radius 3 is 2.03 bits per heavy atom. The van der Waals surface area contributed by atoms with Crippen molar-refractivity contribution in [3.63, 3.8) is 0 Å². The summed E-state index contributed by atoms with van der Waals surface area (Å²) in [4.78, 5) is 14.1. The third-order valence-electron chi connectivity index (χ3n) is 5.79. The van der Waals surface area contributed by atoms with E-state index in [0.717, 1.165) is 59.6 Å². The molecule has 0 radical (unpaired) electrons. The molecule has 0 aliphatic carbocycles. The molecule has 0 amide bonds. The average molecular weight is 454 g/mol. The summed E-state index contributed by atoms with van der Waals surface area (Å²) in [7, 11) is 0. The summed E-state index contributed by atoms with van der Waals surface area (Å²) in [5.74, 6) is 0.952. The summed E-state index contributed by atoms with van der Waals surface area (Å²) in [6.07, 6.45) is -2.83. The Kier molecular flexibility index (Phi) is 6.84. The van der Waals surface area contributed by atoms with Gasteiger partial charge < -0.3 is 4.74 Å². The summed E-state index contributed by atoms with van der Waals surface area (Å²) >= 11 is 0. The summed E-state index contributed by atoms with van der Waals surface area (Å²) in [5, 5.41) is 0. The highest BCUT2D eigenvalue weighted by Gasteiger charge is 2.31. The van der Waals surface area contributed by atoms with Crippen LogP contribution in [-0.2, 0) is 12.7 Å². The molecule has 0 N–H and O–H groups in total. The van der Waals surface area contributed by atoms with Gasteiger partial charge in [-0.1, -0.05) is 55.5 Å². The van der Waals surface area contributed by atoms with Gasteiger partial charge in [-0.3, -0.25) is 9.69 Å². The molecular formula is C27H26F3NO2.